The number of halogens is 2. The molecular weight excluding hydrogens is 224 g/mol. The number of benzene rings is 1. The fraction of sp³-hybridized carbons (Fsp3) is 0.143. The van der Waals surface area contributed by atoms with Crippen molar-refractivity contribution >= 4 is 34.7 Å². The van der Waals surface area contributed by atoms with Crippen molar-refractivity contribution in [3.05, 3.63) is 35.9 Å². The monoisotopic (exact) mass is 228 g/mol. The molecule has 1 aromatic carbocycles. The van der Waals surface area contributed by atoms with E-state index in [2.05, 4.69) is 6.07 Å². The standard InChI is InChI=1S/C7H6Cl.BrH.Mg/c8-6-7-4-2-1-3-5-7;;/h2-5H,6H2;1H;/q-1;;+2/p-1. The smallest absolute Gasteiger partial charge is 1.00 e. The van der Waals surface area contributed by atoms with E-state index in [1.165, 1.54) is 0 Å². The Balaban J connectivity index is 0. The summed E-state index contributed by atoms with van der Waals surface area (Å²) in [5.41, 5.74) is 1.14. The van der Waals surface area contributed by atoms with Gasteiger partial charge in [-0.15, -0.1) is 17.2 Å². The van der Waals surface area contributed by atoms with Gasteiger partial charge in [0, 0.05) is 5.88 Å². The van der Waals surface area contributed by atoms with Crippen LogP contribution < -0.4 is 17.0 Å². The van der Waals surface area contributed by atoms with E-state index in [1.807, 2.05) is 24.3 Å². The van der Waals surface area contributed by atoms with Crippen molar-refractivity contribution in [2.24, 2.45) is 0 Å². The minimum Gasteiger partial charge on any atom is -1.00 e. The molecule has 0 bridgehead atoms. The third-order valence-electron chi connectivity index (χ3n) is 0.942. The van der Waals surface area contributed by atoms with E-state index < -0.39 is 0 Å². The molecule has 1 aromatic rings. The molecule has 0 radical (unpaired) electrons. The van der Waals surface area contributed by atoms with Crippen LogP contribution in [0.3, 0.4) is 0 Å². The van der Waals surface area contributed by atoms with Crippen molar-refractivity contribution < 1.29 is 17.0 Å². The van der Waals surface area contributed by atoms with E-state index >= 15 is 0 Å². The normalized spacial score (nSPS) is 7.30. The molecule has 0 N–H and O–H groups in total. The predicted molar refractivity (Wildman–Crippen MR) is 40.6 cm³/mol. The summed E-state index contributed by atoms with van der Waals surface area (Å²) in [7, 11) is 0. The molecule has 50 valence electrons. The van der Waals surface area contributed by atoms with Gasteiger partial charge in [0.2, 0.25) is 0 Å². The molecule has 0 heterocycles. The second-order valence-corrected chi connectivity index (χ2v) is 1.81. The zero-order valence-electron chi connectivity index (χ0n) is 5.48. The quantitative estimate of drug-likeness (QED) is 0.324. The van der Waals surface area contributed by atoms with Gasteiger partial charge < -0.3 is 17.0 Å². The summed E-state index contributed by atoms with van der Waals surface area (Å²) >= 11 is 5.51. The predicted octanol–water partition coefficient (Wildman–Crippen LogP) is -1.15. The van der Waals surface area contributed by atoms with Gasteiger partial charge >= 0.3 is 23.1 Å². The zero-order chi connectivity index (χ0) is 5.82. The van der Waals surface area contributed by atoms with Gasteiger partial charge in [-0.3, -0.25) is 0 Å². The Bertz CT molecular complexity index is 155. The van der Waals surface area contributed by atoms with Crippen LogP contribution in [-0.2, 0) is 5.88 Å². The van der Waals surface area contributed by atoms with E-state index in [-0.39, 0.29) is 40.0 Å². The topological polar surface area (TPSA) is 0 Å². The molecule has 0 aliphatic heterocycles. The van der Waals surface area contributed by atoms with E-state index in [0.717, 1.165) is 5.56 Å². The second-order valence-electron chi connectivity index (χ2n) is 1.54. The van der Waals surface area contributed by atoms with Crippen LogP contribution in [0.4, 0.5) is 0 Å². The third kappa shape index (κ3) is 4.55. The van der Waals surface area contributed by atoms with Crippen LogP contribution in [0.5, 0.6) is 0 Å². The second kappa shape index (κ2) is 7.86. The van der Waals surface area contributed by atoms with E-state index in [9.17, 15) is 0 Å². The van der Waals surface area contributed by atoms with Crippen LogP contribution >= 0.6 is 11.6 Å². The first-order valence-electron chi connectivity index (χ1n) is 2.44. The van der Waals surface area contributed by atoms with Crippen molar-refractivity contribution in [2.45, 2.75) is 5.88 Å². The zero-order valence-corrected chi connectivity index (χ0v) is 9.24. The minimum absolute atomic E-state index is 0. The number of rotatable bonds is 1. The molecular formula is C7H6BrClMg. The van der Waals surface area contributed by atoms with Crippen LogP contribution in [0, 0.1) is 6.07 Å². The van der Waals surface area contributed by atoms with Gasteiger partial charge in [0.1, 0.15) is 0 Å². The van der Waals surface area contributed by atoms with E-state index in [1.54, 1.807) is 0 Å². The summed E-state index contributed by atoms with van der Waals surface area (Å²) < 4.78 is 0. The van der Waals surface area contributed by atoms with Crippen molar-refractivity contribution in [1.29, 1.82) is 0 Å². The molecule has 0 spiro atoms. The maximum atomic E-state index is 5.51. The first-order valence-corrected chi connectivity index (χ1v) is 2.98. The summed E-state index contributed by atoms with van der Waals surface area (Å²) in [6.07, 6.45) is 0. The van der Waals surface area contributed by atoms with Crippen LogP contribution in [0.25, 0.3) is 0 Å². The van der Waals surface area contributed by atoms with Gasteiger partial charge in [-0.05, 0) is 0 Å². The van der Waals surface area contributed by atoms with Crippen LogP contribution in [-0.4, -0.2) is 23.1 Å². The molecule has 0 atom stereocenters. The van der Waals surface area contributed by atoms with Crippen molar-refractivity contribution in [2.75, 3.05) is 0 Å². The summed E-state index contributed by atoms with van der Waals surface area (Å²) in [5.74, 6) is 0.592. The minimum atomic E-state index is 0. The third-order valence-corrected chi connectivity index (χ3v) is 1.25. The summed E-state index contributed by atoms with van der Waals surface area (Å²) in [6.45, 7) is 0. The van der Waals surface area contributed by atoms with Crippen LogP contribution in [0.1, 0.15) is 5.56 Å². The number of hydrogen-bond donors (Lipinski definition) is 0. The Morgan fingerprint density at radius 2 is 1.80 bits per heavy atom. The van der Waals surface area contributed by atoms with Crippen molar-refractivity contribution in [1.82, 2.24) is 0 Å². The number of hydrogen-bond acceptors (Lipinski definition) is 0. The maximum absolute atomic E-state index is 5.51. The molecule has 0 fully saturated rings. The van der Waals surface area contributed by atoms with E-state index in [0.29, 0.717) is 5.88 Å². The van der Waals surface area contributed by atoms with Crippen molar-refractivity contribution in [3.63, 3.8) is 0 Å². The molecule has 0 aliphatic rings. The Hall–Kier alpha value is 0.756. The molecule has 3 heteroatoms. The maximum Gasteiger partial charge on any atom is 2.00 e. The van der Waals surface area contributed by atoms with Gasteiger partial charge in [-0.1, -0.05) is 0 Å². The molecule has 0 saturated heterocycles. The molecule has 0 nitrogen and oxygen atoms in total. The Morgan fingerprint density at radius 3 is 2.10 bits per heavy atom. The molecule has 0 saturated carbocycles. The van der Waals surface area contributed by atoms with Gasteiger partial charge in [-0.2, -0.15) is 30.3 Å². The summed E-state index contributed by atoms with van der Waals surface area (Å²) in [6, 6.07) is 10.5. The molecule has 0 unspecified atom stereocenters. The molecule has 1 rings (SSSR count). The fourth-order valence-electron chi connectivity index (χ4n) is 0.510. The van der Waals surface area contributed by atoms with Gasteiger partial charge in [0.05, 0.1) is 0 Å². The molecule has 10 heavy (non-hydrogen) atoms. The van der Waals surface area contributed by atoms with Crippen LogP contribution in [0.15, 0.2) is 24.3 Å². The summed E-state index contributed by atoms with van der Waals surface area (Å²) in [4.78, 5) is 0. The van der Waals surface area contributed by atoms with Gasteiger partial charge in [0.15, 0.2) is 0 Å². The average Bonchev–Trinajstić information content (AvgIpc) is 1.90. The Labute approximate surface area is 92.9 Å². The first kappa shape index (κ1) is 13.4. The molecule has 0 amide bonds. The first-order chi connectivity index (χ1) is 3.93. The van der Waals surface area contributed by atoms with Gasteiger partial charge in [0.25, 0.3) is 0 Å². The Kier molecular flexibility index (Phi) is 10.5. The largest absolute Gasteiger partial charge is 2.00 e. The average molecular weight is 230 g/mol. The SMILES string of the molecule is ClCc1cc[c-]cc1.[Br-].[Mg+2]. The van der Waals surface area contributed by atoms with Crippen LogP contribution in [0.2, 0.25) is 0 Å². The summed E-state index contributed by atoms with van der Waals surface area (Å²) in [5, 5.41) is 0. The van der Waals surface area contributed by atoms with Crippen molar-refractivity contribution in [3.8, 4) is 0 Å². The fourth-order valence-corrected chi connectivity index (χ4v) is 0.689. The molecule has 0 aliphatic carbocycles. The van der Waals surface area contributed by atoms with Gasteiger partial charge in [-0.25, -0.2) is 0 Å². The Morgan fingerprint density at radius 1 is 1.30 bits per heavy atom. The van der Waals surface area contributed by atoms with E-state index in [4.69, 9.17) is 11.6 Å². The molecule has 0 aromatic heterocycles. The number of alkyl halides is 1.